The van der Waals surface area contributed by atoms with Gasteiger partial charge in [-0.05, 0) is 32.0 Å². The number of halogens is 2. The molecule has 0 saturated heterocycles. The first-order valence-electron chi connectivity index (χ1n) is 6.42. The van der Waals surface area contributed by atoms with Gasteiger partial charge < -0.3 is 10.2 Å². The van der Waals surface area contributed by atoms with E-state index >= 15 is 0 Å². The molecule has 1 aromatic heterocycles. The van der Waals surface area contributed by atoms with Crippen molar-refractivity contribution in [2.75, 3.05) is 0 Å². The standard InChI is InChI=1S/C14H16Cl2N2O2S/c1-8(2)18-14(12(6-19)13(7-20)17-18)21-11-4-9(15)3-10(16)5-11/h3-5,8,19-20H,6-7H2,1-2H3. The summed E-state index contributed by atoms with van der Waals surface area (Å²) in [6.45, 7) is 3.59. The summed E-state index contributed by atoms with van der Waals surface area (Å²) in [6, 6.07) is 5.37. The molecule has 1 heterocycles. The van der Waals surface area contributed by atoms with Crippen LogP contribution in [-0.4, -0.2) is 20.0 Å². The van der Waals surface area contributed by atoms with E-state index in [2.05, 4.69) is 5.10 Å². The van der Waals surface area contributed by atoms with Gasteiger partial charge in [0, 0.05) is 26.5 Å². The summed E-state index contributed by atoms with van der Waals surface area (Å²) in [5, 5.41) is 25.2. The minimum absolute atomic E-state index is 0.104. The lowest BCUT2D eigenvalue weighted by atomic mass is 10.3. The lowest BCUT2D eigenvalue weighted by Gasteiger charge is -2.12. The van der Waals surface area contributed by atoms with Gasteiger partial charge in [0.1, 0.15) is 5.03 Å². The molecule has 0 aliphatic heterocycles. The average Bonchev–Trinajstić information content (AvgIpc) is 2.75. The van der Waals surface area contributed by atoms with E-state index in [0.717, 1.165) is 9.92 Å². The predicted molar refractivity (Wildman–Crippen MR) is 85.0 cm³/mol. The molecule has 2 aromatic rings. The van der Waals surface area contributed by atoms with Crippen molar-refractivity contribution >= 4 is 35.0 Å². The van der Waals surface area contributed by atoms with Crippen molar-refractivity contribution < 1.29 is 10.2 Å². The number of hydrogen-bond acceptors (Lipinski definition) is 4. The molecular formula is C14H16Cl2N2O2S. The molecule has 0 saturated carbocycles. The molecule has 0 fully saturated rings. The van der Waals surface area contributed by atoms with E-state index in [-0.39, 0.29) is 19.3 Å². The number of hydrogen-bond donors (Lipinski definition) is 2. The minimum atomic E-state index is -0.209. The predicted octanol–water partition coefficient (Wildman–Crippen LogP) is 3.91. The van der Waals surface area contributed by atoms with Crippen molar-refractivity contribution in [3.8, 4) is 0 Å². The molecule has 114 valence electrons. The molecule has 0 amide bonds. The van der Waals surface area contributed by atoms with E-state index in [4.69, 9.17) is 23.2 Å². The summed E-state index contributed by atoms with van der Waals surface area (Å²) in [7, 11) is 0. The Labute approximate surface area is 137 Å². The Morgan fingerprint density at radius 3 is 2.24 bits per heavy atom. The number of nitrogens with zero attached hydrogens (tertiary/aromatic N) is 2. The third-order valence-electron chi connectivity index (χ3n) is 2.89. The van der Waals surface area contributed by atoms with Gasteiger partial charge in [0.05, 0.1) is 18.9 Å². The third kappa shape index (κ3) is 3.73. The number of rotatable bonds is 5. The van der Waals surface area contributed by atoms with E-state index in [1.54, 1.807) is 22.9 Å². The number of benzene rings is 1. The lowest BCUT2D eigenvalue weighted by molar-refractivity contribution is 0.256. The highest BCUT2D eigenvalue weighted by Crippen LogP contribution is 2.36. The maximum absolute atomic E-state index is 9.58. The van der Waals surface area contributed by atoms with Gasteiger partial charge in [-0.25, -0.2) is 0 Å². The van der Waals surface area contributed by atoms with Crippen molar-refractivity contribution in [2.45, 2.75) is 43.0 Å². The molecule has 0 spiro atoms. The highest BCUT2D eigenvalue weighted by molar-refractivity contribution is 7.99. The van der Waals surface area contributed by atoms with Crippen molar-refractivity contribution in [2.24, 2.45) is 0 Å². The van der Waals surface area contributed by atoms with Crippen molar-refractivity contribution in [3.63, 3.8) is 0 Å². The van der Waals surface area contributed by atoms with Crippen LogP contribution in [0.4, 0.5) is 0 Å². The number of aliphatic hydroxyl groups is 2. The molecule has 21 heavy (non-hydrogen) atoms. The molecule has 2 N–H and O–H groups in total. The highest BCUT2D eigenvalue weighted by Gasteiger charge is 2.19. The van der Waals surface area contributed by atoms with E-state index in [9.17, 15) is 10.2 Å². The third-order valence-corrected chi connectivity index (χ3v) is 4.43. The Hall–Kier alpha value is -0.720. The summed E-state index contributed by atoms with van der Waals surface area (Å²) in [4.78, 5) is 0.855. The minimum Gasteiger partial charge on any atom is -0.392 e. The van der Waals surface area contributed by atoms with Gasteiger partial charge in [0.15, 0.2) is 0 Å². The van der Waals surface area contributed by atoms with Crippen LogP contribution >= 0.6 is 35.0 Å². The molecule has 0 aliphatic rings. The van der Waals surface area contributed by atoms with Gasteiger partial charge in [-0.2, -0.15) is 5.10 Å². The first kappa shape index (κ1) is 16.6. The molecule has 4 nitrogen and oxygen atoms in total. The van der Waals surface area contributed by atoms with Crippen molar-refractivity contribution in [1.82, 2.24) is 9.78 Å². The Bertz CT molecular complexity index is 624. The Balaban J connectivity index is 2.48. The second kappa shape index (κ2) is 7.03. The van der Waals surface area contributed by atoms with E-state index in [0.29, 0.717) is 21.3 Å². The fourth-order valence-corrected chi connectivity index (χ4v) is 3.84. The van der Waals surface area contributed by atoms with Crippen LogP contribution in [0.25, 0.3) is 0 Å². The largest absolute Gasteiger partial charge is 0.392 e. The molecule has 0 bridgehead atoms. The van der Waals surface area contributed by atoms with E-state index in [1.807, 2.05) is 13.8 Å². The van der Waals surface area contributed by atoms with Crippen LogP contribution in [0.2, 0.25) is 10.0 Å². The van der Waals surface area contributed by atoms with Gasteiger partial charge in [0.25, 0.3) is 0 Å². The Morgan fingerprint density at radius 1 is 1.14 bits per heavy atom. The molecule has 0 radical (unpaired) electrons. The zero-order valence-electron chi connectivity index (χ0n) is 11.7. The van der Waals surface area contributed by atoms with Crippen molar-refractivity contribution in [3.05, 3.63) is 39.5 Å². The molecule has 7 heteroatoms. The van der Waals surface area contributed by atoms with Crippen molar-refractivity contribution in [1.29, 1.82) is 0 Å². The zero-order chi connectivity index (χ0) is 15.6. The van der Waals surface area contributed by atoms with E-state index in [1.165, 1.54) is 11.8 Å². The monoisotopic (exact) mass is 346 g/mol. The lowest BCUT2D eigenvalue weighted by Crippen LogP contribution is -2.05. The fraction of sp³-hybridized carbons (Fsp3) is 0.357. The summed E-state index contributed by atoms with van der Waals surface area (Å²) in [6.07, 6.45) is 0. The normalized spacial score (nSPS) is 11.4. The summed E-state index contributed by atoms with van der Waals surface area (Å²) < 4.78 is 1.79. The Morgan fingerprint density at radius 2 is 1.76 bits per heavy atom. The molecule has 0 unspecified atom stereocenters. The maximum atomic E-state index is 9.58. The smallest absolute Gasteiger partial charge is 0.105 e. The Kier molecular flexibility index (Phi) is 5.57. The molecular weight excluding hydrogens is 331 g/mol. The van der Waals surface area contributed by atoms with Crippen LogP contribution < -0.4 is 0 Å². The van der Waals surface area contributed by atoms with Crippen LogP contribution in [-0.2, 0) is 13.2 Å². The van der Waals surface area contributed by atoms with Crippen LogP contribution in [0.1, 0.15) is 31.1 Å². The van der Waals surface area contributed by atoms with Gasteiger partial charge in [-0.3, -0.25) is 4.68 Å². The topological polar surface area (TPSA) is 58.3 Å². The van der Waals surface area contributed by atoms with Gasteiger partial charge in [-0.1, -0.05) is 35.0 Å². The highest BCUT2D eigenvalue weighted by atomic mass is 35.5. The van der Waals surface area contributed by atoms with Crippen LogP contribution in [0.5, 0.6) is 0 Å². The van der Waals surface area contributed by atoms with Crippen LogP contribution in [0, 0.1) is 0 Å². The molecule has 0 atom stereocenters. The fourth-order valence-electron chi connectivity index (χ4n) is 1.94. The van der Waals surface area contributed by atoms with Gasteiger partial charge in [0.2, 0.25) is 0 Å². The summed E-state index contributed by atoms with van der Waals surface area (Å²) in [5.41, 5.74) is 1.12. The molecule has 1 aromatic carbocycles. The SMILES string of the molecule is CC(C)n1nc(CO)c(CO)c1Sc1cc(Cl)cc(Cl)c1. The maximum Gasteiger partial charge on any atom is 0.105 e. The summed E-state index contributed by atoms with van der Waals surface area (Å²) in [5.74, 6) is 0. The summed E-state index contributed by atoms with van der Waals surface area (Å²) >= 11 is 13.4. The molecule has 0 aliphatic carbocycles. The first-order chi connectivity index (χ1) is 9.96. The first-order valence-corrected chi connectivity index (χ1v) is 7.99. The van der Waals surface area contributed by atoms with Crippen LogP contribution in [0.15, 0.2) is 28.1 Å². The van der Waals surface area contributed by atoms with Gasteiger partial charge in [-0.15, -0.1) is 0 Å². The molecule has 2 rings (SSSR count). The second-order valence-electron chi connectivity index (χ2n) is 4.79. The quantitative estimate of drug-likeness (QED) is 0.861. The van der Waals surface area contributed by atoms with E-state index < -0.39 is 0 Å². The average molecular weight is 347 g/mol. The number of aliphatic hydroxyl groups excluding tert-OH is 2. The zero-order valence-corrected chi connectivity index (χ0v) is 14.0. The second-order valence-corrected chi connectivity index (χ2v) is 6.73. The van der Waals surface area contributed by atoms with Gasteiger partial charge >= 0.3 is 0 Å². The van der Waals surface area contributed by atoms with Crippen LogP contribution in [0.3, 0.4) is 0 Å². The number of aromatic nitrogens is 2.